The molecule has 1 heterocycles. The highest BCUT2D eigenvalue weighted by molar-refractivity contribution is 6.09. The summed E-state index contributed by atoms with van der Waals surface area (Å²) in [5.74, 6) is -2.09. The Hall–Kier alpha value is -4.49. The molecule has 1 aromatic carbocycles. The molecule has 14 heteroatoms. The van der Waals surface area contributed by atoms with E-state index in [1.54, 1.807) is 41.5 Å². The quantitative estimate of drug-likeness (QED) is 0.357. The fourth-order valence-electron chi connectivity index (χ4n) is 2.87. The van der Waals surface area contributed by atoms with Gasteiger partial charge in [0.1, 0.15) is 17.0 Å². The molecule has 0 atom stereocenters. The molecular formula is C24H29FN4O9. The number of non-ortho nitro benzene ring substituents is 1. The summed E-state index contributed by atoms with van der Waals surface area (Å²) >= 11 is 0. The Morgan fingerprint density at radius 1 is 1.03 bits per heavy atom. The van der Waals surface area contributed by atoms with Gasteiger partial charge in [-0.05, 0) is 53.7 Å². The number of halogens is 1. The standard InChI is InChI=1S/C24H29FN4O9/c1-23(2,3)37-21(32)28(22(33)38-24(4,5)6)19-15(13-27(7)20(30)31)17(10-11-26-19)36-18-9-8-14(29(34)35)12-16(18)25/h8-12H,13H2,1-7H3,(H,30,31). The molecule has 1 aromatic heterocycles. The van der Waals surface area contributed by atoms with E-state index in [2.05, 4.69) is 4.98 Å². The molecule has 0 bridgehead atoms. The van der Waals surface area contributed by atoms with Gasteiger partial charge in [-0.15, -0.1) is 0 Å². The first-order chi connectivity index (χ1) is 17.4. The molecule has 0 saturated heterocycles. The number of carbonyl (C=O) groups is 3. The minimum absolute atomic E-state index is 0.119. The number of ether oxygens (including phenoxy) is 3. The summed E-state index contributed by atoms with van der Waals surface area (Å²) < 4.78 is 30.9. The number of pyridine rings is 1. The SMILES string of the molecule is CN(Cc1c(Oc2ccc([N+](=O)[O-])cc2F)ccnc1N(C(=O)OC(C)(C)C)C(=O)OC(C)(C)C)C(=O)O. The van der Waals surface area contributed by atoms with Gasteiger partial charge in [-0.3, -0.25) is 10.1 Å². The van der Waals surface area contributed by atoms with Gasteiger partial charge in [0.05, 0.1) is 23.1 Å². The number of amides is 3. The molecule has 1 N–H and O–H groups in total. The maximum Gasteiger partial charge on any atom is 0.425 e. The lowest BCUT2D eigenvalue weighted by atomic mass is 10.2. The molecule has 0 spiro atoms. The van der Waals surface area contributed by atoms with Crippen LogP contribution in [0.25, 0.3) is 0 Å². The molecular weight excluding hydrogens is 507 g/mol. The minimum Gasteiger partial charge on any atom is -0.465 e. The summed E-state index contributed by atoms with van der Waals surface area (Å²) in [6.07, 6.45) is -2.57. The second-order valence-corrected chi connectivity index (χ2v) is 10.0. The van der Waals surface area contributed by atoms with Crippen molar-refractivity contribution in [3.63, 3.8) is 0 Å². The van der Waals surface area contributed by atoms with Gasteiger partial charge in [0.2, 0.25) is 0 Å². The number of carboxylic acid groups (broad SMARTS) is 1. The van der Waals surface area contributed by atoms with E-state index in [9.17, 15) is 34.0 Å². The highest BCUT2D eigenvalue weighted by Crippen LogP contribution is 2.35. The number of rotatable bonds is 6. The van der Waals surface area contributed by atoms with E-state index in [0.29, 0.717) is 11.0 Å². The Balaban J connectivity index is 2.71. The average Bonchev–Trinajstić information content (AvgIpc) is 2.74. The van der Waals surface area contributed by atoms with Gasteiger partial charge in [-0.1, -0.05) is 0 Å². The number of hydrogen-bond acceptors (Lipinski definition) is 9. The summed E-state index contributed by atoms with van der Waals surface area (Å²) in [6.45, 7) is 8.96. The fraction of sp³-hybridized carbons (Fsp3) is 0.417. The summed E-state index contributed by atoms with van der Waals surface area (Å²) in [6, 6.07) is 3.92. The third-order valence-electron chi connectivity index (χ3n) is 4.42. The van der Waals surface area contributed by atoms with Crippen LogP contribution < -0.4 is 9.64 Å². The normalized spacial score (nSPS) is 11.4. The van der Waals surface area contributed by atoms with Crippen molar-refractivity contribution in [1.82, 2.24) is 9.88 Å². The van der Waals surface area contributed by atoms with E-state index in [-0.39, 0.29) is 17.1 Å². The van der Waals surface area contributed by atoms with Crippen LogP contribution >= 0.6 is 0 Å². The topological polar surface area (TPSA) is 162 Å². The van der Waals surface area contributed by atoms with Crippen molar-refractivity contribution < 1.29 is 43.0 Å². The van der Waals surface area contributed by atoms with Crippen molar-refractivity contribution in [2.75, 3.05) is 11.9 Å². The second-order valence-electron chi connectivity index (χ2n) is 10.0. The first-order valence-electron chi connectivity index (χ1n) is 11.2. The molecule has 2 rings (SSSR count). The Bertz CT molecular complexity index is 1210. The van der Waals surface area contributed by atoms with Crippen molar-refractivity contribution in [1.29, 1.82) is 0 Å². The van der Waals surface area contributed by atoms with Crippen LogP contribution in [0.15, 0.2) is 30.5 Å². The highest BCUT2D eigenvalue weighted by Gasteiger charge is 2.36. The second kappa shape index (κ2) is 11.3. The van der Waals surface area contributed by atoms with Crippen molar-refractivity contribution in [3.05, 3.63) is 52.0 Å². The third-order valence-corrected chi connectivity index (χ3v) is 4.42. The van der Waals surface area contributed by atoms with Gasteiger partial charge >= 0.3 is 18.3 Å². The molecule has 0 radical (unpaired) electrons. The summed E-state index contributed by atoms with van der Waals surface area (Å²) in [7, 11) is 1.21. The molecule has 2 aromatic rings. The van der Waals surface area contributed by atoms with Crippen molar-refractivity contribution >= 4 is 29.8 Å². The Kier molecular flexibility index (Phi) is 8.82. The van der Waals surface area contributed by atoms with E-state index in [4.69, 9.17) is 14.2 Å². The van der Waals surface area contributed by atoms with Gasteiger partial charge in [0, 0.05) is 19.3 Å². The largest absolute Gasteiger partial charge is 0.465 e. The van der Waals surface area contributed by atoms with Crippen molar-refractivity contribution in [3.8, 4) is 11.5 Å². The van der Waals surface area contributed by atoms with Crippen molar-refractivity contribution in [2.45, 2.75) is 59.3 Å². The van der Waals surface area contributed by atoms with Gasteiger partial charge in [0.15, 0.2) is 17.4 Å². The summed E-state index contributed by atoms with van der Waals surface area (Å²) in [5.41, 5.74) is -2.71. The van der Waals surface area contributed by atoms with Crippen LogP contribution in [0.4, 0.5) is 30.3 Å². The number of nitro groups is 1. The van der Waals surface area contributed by atoms with Gasteiger partial charge in [0.25, 0.3) is 5.69 Å². The average molecular weight is 537 g/mol. The van der Waals surface area contributed by atoms with Crippen LogP contribution in [0.2, 0.25) is 0 Å². The van der Waals surface area contributed by atoms with Crippen LogP contribution in [-0.4, -0.2) is 56.4 Å². The molecule has 0 aliphatic rings. The molecule has 0 fully saturated rings. The number of anilines is 1. The number of imide groups is 1. The van der Waals surface area contributed by atoms with Crippen LogP contribution in [0, 0.1) is 15.9 Å². The molecule has 13 nitrogen and oxygen atoms in total. The Morgan fingerprint density at radius 3 is 2.03 bits per heavy atom. The molecule has 0 saturated carbocycles. The van der Waals surface area contributed by atoms with Crippen LogP contribution in [-0.2, 0) is 16.0 Å². The predicted octanol–water partition coefficient (Wildman–Crippen LogP) is 5.71. The smallest absolute Gasteiger partial charge is 0.425 e. The molecule has 0 aliphatic heterocycles. The lowest BCUT2D eigenvalue weighted by Gasteiger charge is -2.29. The molecule has 3 amide bonds. The first-order valence-corrected chi connectivity index (χ1v) is 11.2. The lowest BCUT2D eigenvalue weighted by Crippen LogP contribution is -2.45. The summed E-state index contributed by atoms with van der Waals surface area (Å²) in [4.78, 5) is 53.4. The number of aromatic nitrogens is 1. The zero-order valence-electron chi connectivity index (χ0n) is 22.0. The van der Waals surface area contributed by atoms with Crippen LogP contribution in [0.1, 0.15) is 47.1 Å². The zero-order chi connectivity index (χ0) is 29.0. The van der Waals surface area contributed by atoms with Gasteiger partial charge < -0.3 is 24.2 Å². The third kappa shape index (κ3) is 8.01. The molecule has 0 aliphatic carbocycles. The molecule has 38 heavy (non-hydrogen) atoms. The number of nitrogens with zero attached hydrogens (tertiary/aromatic N) is 4. The molecule has 0 unspecified atom stereocenters. The maximum atomic E-state index is 14.6. The predicted molar refractivity (Wildman–Crippen MR) is 132 cm³/mol. The van der Waals surface area contributed by atoms with Crippen LogP contribution in [0.5, 0.6) is 11.5 Å². The monoisotopic (exact) mass is 536 g/mol. The number of benzene rings is 1. The highest BCUT2D eigenvalue weighted by atomic mass is 19.1. The van der Waals surface area contributed by atoms with Crippen LogP contribution in [0.3, 0.4) is 0 Å². The molecule has 206 valence electrons. The van der Waals surface area contributed by atoms with E-state index in [0.717, 1.165) is 23.2 Å². The number of nitro benzene ring substituents is 1. The van der Waals surface area contributed by atoms with E-state index < -0.39 is 58.2 Å². The zero-order valence-corrected chi connectivity index (χ0v) is 22.0. The van der Waals surface area contributed by atoms with Gasteiger partial charge in [-0.25, -0.2) is 23.8 Å². The maximum absolute atomic E-state index is 14.6. The Morgan fingerprint density at radius 2 is 1.58 bits per heavy atom. The van der Waals surface area contributed by atoms with E-state index in [1.165, 1.54) is 13.1 Å². The first kappa shape index (κ1) is 29.7. The summed E-state index contributed by atoms with van der Waals surface area (Å²) in [5, 5.41) is 20.4. The minimum atomic E-state index is -1.37. The lowest BCUT2D eigenvalue weighted by molar-refractivity contribution is -0.385. The van der Waals surface area contributed by atoms with E-state index >= 15 is 0 Å². The van der Waals surface area contributed by atoms with Gasteiger partial charge in [-0.2, -0.15) is 4.90 Å². The number of carbonyl (C=O) groups excluding carboxylic acids is 2. The number of hydrogen-bond donors (Lipinski definition) is 1. The fourth-order valence-corrected chi connectivity index (χ4v) is 2.87. The van der Waals surface area contributed by atoms with Crippen molar-refractivity contribution in [2.24, 2.45) is 0 Å². The Labute approximate surface area is 217 Å². The van der Waals surface area contributed by atoms with E-state index in [1.807, 2.05) is 0 Å².